The smallest absolute Gasteiger partial charge is 0.0462 e. The molecular formula is C84H62N4. The van der Waals surface area contributed by atoms with E-state index in [4.69, 9.17) is 0 Å². The maximum atomic E-state index is 2.35. The Bertz CT molecular complexity index is 4450. The number of anilines is 12. The summed E-state index contributed by atoms with van der Waals surface area (Å²) in [6, 6.07) is 135. The van der Waals surface area contributed by atoms with Gasteiger partial charge >= 0.3 is 0 Å². The maximum Gasteiger partial charge on any atom is 0.0462 e. The summed E-state index contributed by atoms with van der Waals surface area (Å²) in [5.41, 5.74) is 24.8. The lowest BCUT2D eigenvalue weighted by atomic mass is 10.0. The van der Waals surface area contributed by atoms with Crippen molar-refractivity contribution in [2.75, 3.05) is 19.6 Å². The Labute approximate surface area is 516 Å². The van der Waals surface area contributed by atoms with E-state index in [9.17, 15) is 0 Å². The minimum atomic E-state index is 1.07. The molecular weight excluding hydrogens is 1060 g/mol. The summed E-state index contributed by atoms with van der Waals surface area (Å²) >= 11 is 0. The predicted molar refractivity (Wildman–Crippen MR) is 372 cm³/mol. The fourth-order valence-electron chi connectivity index (χ4n) is 11.8. The lowest BCUT2D eigenvalue weighted by Gasteiger charge is -2.27. The molecule has 0 aliphatic heterocycles. The Kier molecular flexibility index (Phi) is 15.6. The Morgan fingerprint density at radius 1 is 0.0909 bits per heavy atom. The van der Waals surface area contributed by atoms with Crippen LogP contribution in [0.25, 0.3) is 55.6 Å². The van der Waals surface area contributed by atoms with E-state index in [-0.39, 0.29) is 0 Å². The molecule has 0 saturated heterocycles. The van der Waals surface area contributed by atoms with Crippen LogP contribution >= 0.6 is 0 Å². The van der Waals surface area contributed by atoms with E-state index in [1.807, 2.05) is 0 Å². The zero-order valence-electron chi connectivity index (χ0n) is 48.6. The standard InChI is InChI=1S/C84H62N4/c1-7-19-63(20-8-1)65-31-47-78(48-32-65)86(75-27-15-5-16-28-75)79-53-39-69(40-54-79)71-43-59-83(60-44-71)88(82-49-33-66(34-50-82)64-21-9-2-10-22-64)84-61-45-72(46-62-84)70-41-57-81(58-42-70)87(76-29-17-6-18-30-76)80-55-37-68(38-56-80)67-35-51-77(52-36-67)85(73-23-11-3-12-24-73)74-25-13-4-14-26-74/h1-62H. The van der Waals surface area contributed by atoms with Gasteiger partial charge in [0.1, 0.15) is 0 Å². The summed E-state index contributed by atoms with van der Waals surface area (Å²) in [5.74, 6) is 0. The molecule has 0 amide bonds. The predicted octanol–water partition coefficient (Wildman–Crippen LogP) is 23.9. The van der Waals surface area contributed by atoms with Crippen LogP contribution in [0.3, 0.4) is 0 Å². The Morgan fingerprint density at radius 2 is 0.193 bits per heavy atom. The third kappa shape index (κ3) is 11.7. The van der Waals surface area contributed by atoms with Crippen molar-refractivity contribution in [2.45, 2.75) is 0 Å². The fourth-order valence-corrected chi connectivity index (χ4v) is 11.8. The minimum absolute atomic E-state index is 1.07. The van der Waals surface area contributed by atoms with Crippen LogP contribution in [0.4, 0.5) is 68.2 Å². The van der Waals surface area contributed by atoms with Crippen molar-refractivity contribution in [2.24, 2.45) is 0 Å². The summed E-state index contributed by atoms with van der Waals surface area (Å²) < 4.78 is 0. The highest BCUT2D eigenvalue weighted by Crippen LogP contribution is 2.42. The summed E-state index contributed by atoms with van der Waals surface area (Å²) in [6.07, 6.45) is 0. The molecule has 4 heteroatoms. The molecule has 0 bridgehead atoms. The molecule has 0 N–H and O–H groups in total. The van der Waals surface area contributed by atoms with Crippen molar-refractivity contribution < 1.29 is 0 Å². The summed E-state index contributed by atoms with van der Waals surface area (Å²) in [7, 11) is 0. The first-order valence-corrected chi connectivity index (χ1v) is 30.0. The van der Waals surface area contributed by atoms with Crippen molar-refractivity contribution in [3.8, 4) is 55.6 Å². The first-order valence-electron chi connectivity index (χ1n) is 30.0. The van der Waals surface area contributed by atoms with Crippen molar-refractivity contribution in [3.63, 3.8) is 0 Å². The van der Waals surface area contributed by atoms with Crippen molar-refractivity contribution in [1.82, 2.24) is 0 Å². The van der Waals surface area contributed by atoms with Gasteiger partial charge in [0.25, 0.3) is 0 Å². The van der Waals surface area contributed by atoms with Crippen molar-refractivity contribution >= 4 is 68.2 Å². The molecule has 14 aromatic rings. The summed E-state index contributed by atoms with van der Waals surface area (Å²) in [6.45, 7) is 0. The lowest BCUT2D eigenvalue weighted by molar-refractivity contribution is 1.28. The molecule has 0 heterocycles. The van der Waals surface area contributed by atoms with Gasteiger partial charge in [0, 0.05) is 68.2 Å². The zero-order chi connectivity index (χ0) is 58.9. The highest BCUT2D eigenvalue weighted by atomic mass is 15.2. The van der Waals surface area contributed by atoms with Crippen molar-refractivity contribution in [3.05, 3.63) is 376 Å². The summed E-state index contributed by atoms with van der Waals surface area (Å²) in [4.78, 5) is 9.28. The SMILES string of the molecule is c1ccc(-c2ccc(N(c3ccccc3)c3ccc(-c4ccc(N(c5ccc(-c6ccccc6)cc5)c5ccc(-c6ccc(N(c7ccccc7)c7ccc(-c8ccc(N(c9ccccc9)c9ccccc9)cc8)cc7)cc6)cc5)cc4)cc3)cc2)cc1. The van der Waals surface area contributed by atoms with Crippen LogP contribution in [-0.2, 0) is 0 Å². The van der Waals surface area contributed by atoms with Gasteiger partial charge in [-0.1, -0.05) is 231 Å². The first-order chi connectivity index (χ1) is 43.6. The molecule has 0 fully saturated rings. The van der Waals surface area contributed by atoms with E-state index < -0.39 is 0 Å². The fraction of sp³-hybridized carbons (Fsp3) is 0. The van der Waals surface area contributed by atoms with Gasteiger partial charge in [0.15, 0.2) is 0 Å². The van der Waals surface area contributed by atoms with Crippen LogP contribution in [0.2, 0.25) is 0 Å². The molecule has 14 aromatic carbocycles. The van der Waals surface area contributed by atoms with Gasteiger partial charge in [-0.2, -0.15) is 0 Å². The highest BCUT2D eigenvalue weighted by Gasteiger charge is 2.19. The highest BCUT2D eigenvalue weighted by molar-refractivity contribution is 5.85. The molecule has 4 nitrogen and oxygen atoms in total. The van der Waals surface area contributed by atoms with Gasteiger partial charge in [0.05, 0.1) is 0 Å². The quantitative estimate of drug-likeness (QED) is 0.0901. The van der Waals surface area contributed by atoms with E-state index in [0.717, 1.165) is 102 Å². The second kappa shape index (κ2) is 25.2. The molecule has 0 aromatic heterocycles. The molecule has 0 radical (unpaired) electrons. The van der Waals surface area contributed by atoms with Crippen LogP contribution in [0, 0.1) is 0 Å². The molecule has 0 unspecified atom stereocenters. The van der Waals surface area contributed by atoms with Crippen LogP contribution in [-0.4, -0.2) is 0 Å². The van der Waals surface area contributed by atoms with Gasteiger partial charge in [-0.3, -0.25) is 0 Å². The van der Waals surface area contributed by atoms with Crippen LogP contribution in [0.1, 0.15) is 0 Å². The molecule has 0 atom stereocenters. The number of rotatable bonds is 17. The number of para-hydroxylation sites is 4. The monoisotopic (exact) mass is 1130 g/mol. The van der Waals surface area contributed by atoms with Crippen molar-refractivity contribution in [1.29, 1.82) is 0 Å². The number of hydrogen-bond donors (Lipinski definition) is 0. The Hall–Kier alpha value is -11.7. The van der Waals surface area contributed by atoms with Gasteiger partial charge in [-0.15, -0.1) is 0 Å². The van der Waals surface area contributed by atoms with Gasteiger partial charge < -0.3 is 19.6 Å². The molecule has 418 valence electrons. The number of nitrogens with zero attached hydrogens (tertiary/aromatic N) is 4. The zero-order valence-corrected chi connectivity index (χ0v) is 48.6. The van der Waals surface area contributed by atoms with Gasteiger partial charge in [-0.25, -0.2) is 0 Å². The number of hydrogen-bond acceptors (Lipinski definition) is 4. The van der Waals surface area contributed by atoms with Crippen LogP contribution < -0.4 is 19.6 Å². The third-order valence-corrected chi connectivity index (χ3v) is 16.3. The molecule has 0 spiro atoms. The Balaban J connectivity index is 0.718. The average Bonchev–Trinajstić information content (AvgIpc) is 3.73. The van der Waals surface area contributed by atoms with E-state index in [0.29, 0.717) is 0 Å². The molecule has 0 aliphatic carbocycles. The second-order valence-corrected chi connectivity index (χ2v) is 21.8. The molecule has 14 rings (SSSR count). The normalized spacial score (nSPS) is 11.0. The van der Waals surface area contributed by atoms with E-state index >= 15 is 0 Å². The molecule has 0 aliphatic rings. The summed E-state index contributed by atoms with van der Waals surface area (Å²) in [5, 5.41) is 0. The van der Waals surface area contributed by atoms with Gasteiger partial charge in [0.2, 0.25) is 0 Å². The Morgan fingerprint density at radius 3 is 0.330 bits per heavy atom. The largest absolute Gasteiger partial charge is 0.311 e. The first kappa shape index (κ1) is 54.2. The third-order valence-electron chi connectivity index (χ3n) is 16.3. The molecule has 0 saturated carbocycles. The minimum Gasteiger partial charge on any atom is -0.311 e. The van der Waals surface area contributed by atoms with Crippen LogP contribution in [0.15, 0.2) is 376 Å². The lowest BCUT2D eigenvalue weighted by Crippen LogP contribution is -2.10. The van der Waals surface area contributed by atoms with E-state index in [1.165, 1.54) is 22.3 Å². The van der Waals surface area contributed by atoms with E-state index in [2.05, 4.69) is 396 Å². The maximum absolute atomic E-state index is 2.35. The number of benzene rings is 14. The average molecular weight is 1130 g/mol. The van der Waals surface area contributed by atoms with E-state index in [1.54, 1.807) is 0 Å². The topological polar surface area (TPSA) is 13.0 Å². The molecule has 88 heavy (non-hydrogen) atoms. The van der Waals surface area contributed by atoms with Crippen LogP contribution in [0.5, 0.6) is 0 Å². The second-order valence-electron chi connectivity index (χ2n) is 21.8. The van der Waals surface area contributed by atoms with Gasteiger partial charge in [-0.05, 0) is 201 Å².